The Morgan fingerprint density at radius 3 is 2.52 bits per heavy atom. The number of benzene rings is 1. The maximum Gasteiger partial charge on any atom is 0.119 e. The van der Waals surface area contributed by atoms with Crippen molar-refractivity contribution in [1.29, 1.82) is 0 Å². The lowest BCUT2D eigenvalue weighted by Crippen LogP contribution is -2.34. The molecule has 1 aliphatic heterocycles. The highest BCUT2D eigenvalue weighted by atomic mass is 16.5. The normalized spacial score (nSPS) is 18.6. The quantitative estimate of drug-likeness (QED) is 0.832. The topological polar surface area (TPSA) is 32.7 Å². The summed E-state index contributed by atoms with van der Waals surface area (Å²) in [5.74, 6) is 1.75. The molecule has 0 aliphatic carbocycles. The monoisotopic (exact) mass is 291 g/mol. The van der Waals surface area contributed by atoms with Gasteiger partial charge >= 0.3 is 0 Å². The van der Waals surface area contributed by atoms with Crippen LogP contribution >= 0.6 is 0 Å². The summed E-state index contributed by atoms with van der Waals surface area (Å²) in [7, 11) is 0. The highest BCUT2D eigenvalue weighted by molar-refractivity contribution is 5.28. The second kappa shape index (κ2) is 8.40. The molecule has 0 saturated carbocycles. The molecule has 1 aromatic carbocycles. The molecule has 118 valence electrons. The predicted octanol–water partition coefficient (Wildman–Crippen LogP) is 3.63. The van der Waals surface area contributed by atoms with Crippen LogP contribution in [0.2, 0.25) is 0 Å². The minimum absolute atomic E-state index is 0.371. The van der Waals surface area contributed by atoms with Gasteiger partial charge in [-0.2, -0.15) is 0 Å². The largest absolute Gasteiger partial charge is 0.494 e. The summed E-state index contributed by atoms with van der Waals surface area (Å²) in [6.45, 7) is 8.51. The van der Waals surface area contributed by atoms with Gasteiger partial charge in [0.2, 0.25) is 0 Å². The third-order valence-corrected chi connectivity index (χ3v) is 4.33. The van der Waals surface area contributed by atoms with E-state index in [2.05, 4.69) is 18.7 Å². The molecule has 3 nitrogen and oxygen atoms in total. The maximum atomic E-state index is 10.3. The van der Waals surface area contributed by atoms with Gasteiger partial charge in [0.25, 0.3) is 0 Å². The minimum Gasteiger partial charge on any atom is -0.494 e. The fourth-order valence-corrected chi connectivity index (χ4v) is 2.76. The molecule has 0 spiro atoms. The number of aliphatic hydroxyl groups is 1. The molecule has 0 bridgehead atoms. The summed E-state index contributed by atoms with van der Waals surface area (Å²) in [6, 6.07) is 7.87. The number of hydrogen-bond acceptors (Lipinski definition) is 3. The van der Waals surface area contributed by atoms with E-state index >= 15 is 0 Å². The van der Waals surface area contributed by atoms with Crippen molar-refractivity contribution in [2.75, 3.05) is 26.2 Å². The van der Waals surface area contributed by atoms with E-state index in [1.165, 1.54) is 25.9 Å². The van der Waals surface area contributed by atoms with Crippen LogP contribution < -0.4 is 4.74 Å². The third-order valence-electron chi connectivity index (χ3n) is 4.33. The molecule has 1 fully saturated rings. The predicted molar refractivity (Wildman–Crippen MR) is 86.6 cm³/mol. The molecule has 1 unspecified atom stereocenters. The van der Waals surface area contributed by atoms with Crippen LogP contribution in [0.25, 0.3) is 0 Å². The van der Waals surface area contributed by atoms with Crippen LogP contribution in [0.1, 0.15) is 51.2 Å². The number of aliphatic hydroxyl groups excluding tert-OH is 1. The lowest BCUT2D eigenvalue weighted by atomic mass is 9.98. The van der Waals surface area contributed by atoms with Gasteiger partial charge in [-0.25, -0.2) is 0 Å². The van der Waals surface area contributed by atoms with Crippen molar-refractivity contribution in [2.24, 2.45) is 5.92 Å². The Hall–Kier alpha value is -1.06. The number of ether oxygens (including phenoxy) is 1. The summed E-state index contributed by atoms with van der Waals surface area (Å²) in [5.41, 5.74) is 0.990. The Morgan fingerprint density at radius 1 is 1.24 bits per heavy atom. The van der Waals surface area contributed by atoms with Gasteiger partial charge in [-0.1, -0.05) is 26.0 Å². The maximum absolute atomic E-state index is 10.3. The summed E-state index contributed by atoms with van der Waals surface area (Å²) >= 11 is 0. The number of piperidine rings is 1. The molecule has 1 saturated heterocycles. The van der Waals surface area contributed by atoms with Crippen molar-refractivity contribution < 1.29 is 9.84 Å². The molecule has 1 N–H and O–H groups in total. The average Bonchev–Trinajstić information content (AvgIpc) is 2.52. The van der Waals surface area contributed by atoms with Crippen molar-refractivity contribution >= 4 is 0 Å². The highest BCUT2D eigenvalue weighted by Crippen LogP contribution is 2.22. The van der Waals surface area contributed by atoms with Crippen LogP contribution in [-0.4, -0.2) is 36.2 Å². The highest BCUT2D eigenvalue weighted by Gasteiger charge is 2.17. The van der Waals surface area contributed by atoms with Crippen LogP contribution in [0.5, 0.6) is 5.75 Å². The zero-order valence-electron chi connectivity index (χ0n) is 13.4. The number of nitrogens with zero attached hydrogens (tertiary/aromatic N) is 1. The molecule has 1 aliphatic rings. The van der Waals surface area contributed by atoms with E-state index in [0.717, 1.165) is 43.2 Å². The van der Waals surface area contributed by atoms with Gasteiger partial charge in [-0.3, -0.25) is 0 Å². The number of hydrogen-bond donors (Lipinski definition) is 1. The molecular weight excluding hydrogens is 262 g/mol. The van der Waals surface area contributed by atoms with Gasteiger partial charge in [0.1, 0.15) is 5.75 Å². The Bertz CT molecular complexity index is 396. The number of likely N-dealkylation sites (tertiary alicyclic amines) is 1. The SMILES string of the molecule is CCCOc1ccc(C(O)CCN2CCC(C)CC2)cc1. The van der Waals surface area contributed by atoms with Crippen molar-refractivity contribution in [2.45, 2.75) is 45.6 Å². The lowest BCUT2D eigenvalue weighted by Gasteiger charge is -2.30. The van der Waals surface area contributed by atoms with Crippen molar-refractivity contribution in [3.8, 4) is 5.75 Å². The van der Waals surface area contributed by atoms with Crippen LogP contribution in [0.15, 0.2) is 24.3 Å². The Morgan fingerprint density at radius 2 is 1.90 bits per heavy atom. The Kier molecular flexibility index (Phi) is 6.52. The van der Waals surface area contributed by atoms with E-state index in [-0.39, 0.29) is 6.10 Å². The molecule has 2 rings (SSSR count). The zero-order valence-corrected chi connectivity index (χ0v) is 13.4. The molecule has 1 atom stereocenters. The van der Waals surface area contributed by atoms with Crippen molar-refractivity contribution in [3.05, 3.63) is 29.8 Å². The van der Waals surface area contributed by atoms with Crippen LogP contribution in [0.4, 0.5) is 0 Å². The molecule has 3 heteroatoms. The first-order chi connectivity index (χ1) is 10.2. The fourth-order valence-electron chi connectivity index (χ4n) is 2.76. The Balaban J connectivity index is 1.76. The second-order valence-electron chi connectivity index (χ2n) is 6.25. The summed E-state index contributed by atoms with van der Waals surface area (Å²) in [5, 5.41) is 10.3. The molecular formula is C18H29NO2. The Labute approximate surface area is 128 Å². The first kappa shape index (κ1) is 16.3. The van der Waals surface area contributed by atoms with Crippen LogP contribution in [0.3, 0.4) is 0 Å². The summed E-state index contributed by atoms with van der Waals surface area (Å²) in [6.07, 6.45) is 4.03. The molecule has 0 aromatic heterocycles. The van der Waals surface area contributed by atoms with E-state index in [9.17, 15) is 5.11 Å². The van der Waals surface area contributed by atoms with Gasteiger partial charge in [-0.15, -0.1) is 0 Å². The van der Waals surface area contributed by atoms with E-state index in [1.807, 2.05) is 24.3 Å². The van der Waals surface area contributed by atoms with Gasteiger partial charge in [0, 0.05) is 6.54 Å². The van der Waals surface area contributed by atoms with Gasteiger partial charge in [-0.05, 0) is 62.4 Å². The third kappa shape index (κ3) is 5.33. The molecule has 0 amide bonds. The van der Waals surface area contributed by atoms with E-state index < -0.39 is 0 Å². The van der Waals surface area contributed by atoms with Gasteiger partial charge in [0.05, 0.1) is 12.7 Å². The smallest absolute Gasteiger partial charge is 0.119 e. The van der Waals surface area contributed by atoms with Gasteiger partial charge in [0.15, 0.2) is 0 Å². The molecule has 1 heterocycles. The second-order valence-corrected chi connectivity index (χ2v) is 6.25. The van der Waals surface area contributed by atoms with Crippen molar-refractivity contribution in [3.63, 3.8) is 0 Å². The van der Waals surface area contributed by atoms with Gasteiger partial charge < -0.3 is 14.7 Å². The van der Waals surface area contributed by atoms with Crippen molar-refractivity contribution in [1.82, 2.24) is 4.90 Å². The summed E-state index contributed by atoms with van der Waals surface area (Å²) in [4.78, 5) is 2.47. The fraction of sp³-hybridized carbons (Fsp3) is 0.667. The number of rotatable bonds is 7. The molecule has 1 aromatic rings. The van der Waals surface area contributed by atoms with E-state index in [0.29, 0.717) is 0 Å². The first-order valence-corrected chi connectivity index (χ1v) is 8.32. The average molecular weight is 291 g/mol. The van der Waals surface area contributed by atoms with Crippen LogP contribution in [-0.2, 0) is 0 Å². The zero-order chi connectivity index (χ0) is 15.1. The minimum atomic E-state index is -0.371. The molecule has 0 radical (unpaired) electrons. The summed E-state index contributed by atoms with van der Waals surface area (Å²) < 4.78 is 5.57. The van der Waals surface area contributed by atoms with Crippen LogP contribution in [0, 0.1) is 5.92 Å². The van der Waals surface area contributed by atoms with E-state index in [4.69, 9.17) is 4.74 Å². The standard InChI is InChI=1S/C18H29NO2/c1-3-14-21-17-6-4-16(5-7-17)18(20)10-13-19-11-8-15(2)9-12-19/h4-7,15,18,20H,3,8-14H2,1-2H3. The lowest BCUT2D eigenvalue weighted by molar-refractivity contribution is 0.125. The molecule has 21 heavy (non-hydrogen) atoms. The first-order valence-electron chi connectivity index (χ1n) is 8.32. The van der Waals surface area contributed by atoms with E-state index in [1.54, 1.807) is 0 Å².